The number of benzene rings is 1. The molecule has 1 aromatic rings. The number of halogens is 2. The number of hydrogen-bond acceptors (Lipinski definition) is 4. The van der Waals surface area contributed by atoms with E-state index in [2.05, 4.69) is 5.32 Å². The Kier molecular flexibility index (Phi) is 5.53. The van der Waals surface area contributed by atoms with Crippen molar-refractivity contribution < 1.29 is 19.1 Å². The number of esters is 1. The Balaban J connectivity index is 1.86. The van der Waals surface area contributed by atoms with Gasteiger partial charge in [-0.1, -0.05) is 23.2 Å². The highest BCUT2D eigenvalue weighted by molar-refractivity contribution is 6.35. The molecule has 1 aliphatic carbocycles. The summed E-state index contributed by atoms with van der Waals surface area (Å²) in [5, 5.41) is 3.54. The Labute approximate surface area is 138 Å². The van der Waals surface area contributed by atoms with Crippen LogP contribution in [0.5, 0.6) is 5.75 Å². The average Bonchev–Trinajstić information content (AvgIpc) is 3.25. The van der Waals surface area contributed by atoms with Gasteiger partial charge in [0, 0.05) is 11.1 Å². The van der Waals surface area contributed by atoms with Crippen molar-refractivity contribution in [2.75, 3.05) is 0 Å². The zero-order valence-corrected chi connectivity index (χ0v) is 13.8. The van der Waals surface area contributed by atoms with Crippen molar-refractivity contribution in [3.63, 3.8) is 0 Å². The van der Waals surface area contributed by atoms with Crippen LogP contribution >= 0.6 is 23.2 Å². The zero-order chi connectivity index (χ0) is 16.3. The fourth-order valence-electron chi connectivity index (χ4n) is 1.68. The van der Waals surface area contributed by atoms with Crippen LogP contribution in [0.25, 0.3) is 0 Å². The monoisotopic (exact) mass is 345 g/mol. The minimum absolute atomic E-state index is 0.218. The van der Waals surface area contributed by atoms with Crippen molar-refractivity contribution in [1.82, 2.24) is 5.32 Å². The predicted octanol–water partition coefficient (Wildman–Crippen LogP) is 2.97. The molecule has 0 saturated heterocycles. The summed E-state index contributed by atoms with van der Waals surface area (Å²) < 4.78 is 10.5. The Morgan fingerprint density at radius 1 is 1.23 bits per heavy atom. The topological polar surface area (TPSA) is 64.6 Å². The minimum Gasteiger partial charge on any atom is -0.477 e. The number of amides is 1. The first-order chi connectivity index (χ1) is 10.4. The molecule has 0 aromatic heterocycles. The molecule has 2 atom stereocenters. The van der Waals surface area contributed by atoms with Gasteiger partial charge in [-0.2, -0.15) is 0 Å². The minimum atomic E-state index is -0.894. The molecule has 0 spiro atoms. The van der Waals surface area contributed by atoms with E-state index >= 15 is 0 Å². The lowest BCUT2D eigenvalue weighted by atomic mass is 10.3. The van der Waals surface area contributed by atoms with Gasteiger partial charge in [-0.05, 0) is 44.9 Å². The highest BCUT2D eigenvalue weighted by Gasteiger charge is 2.28. The van der Waals surface area contributed by atoms with Crippen LogP contribution in [0.1, 0.15) is 26.7 Å². The Morgan fingerprint density at radius 3 is 2.50 bits per heavy atom. The maximum Gasteiger partial charge on any atom is 0.347 e. The number of carbonyl (C=O) groups is 2. The quantitative estimate of drug-likeness (QED) is 0.805. The Bertz CT molecular complexity index is 575. The second-order valence-electron chi connectivity index (χ2n) is 5.20. The van der Waals surface area contributed by atoms with Gasteiger partial charge in [0.1, 0.15) is 5.75 Å². The molecule has 22 heavy (non-hydrogen) atoms. The van der Waals surface area contributed by atoms with Crippen molar-refractivity contribution in [2.24, 2.45) is 0 Å². The van der Waals surface area contributed by atoms with Gasteiger partial charge in [-0.3, -0.25) is 4.79 Å². The van der Waals surface area contributed by atoms with Gasteiger partial charge in [-0.25, -0.2) is 4.79 Å². The number of nitrogens with one attached hydrogen (secondary N) is 1. The first-order valence-corrected chi connectivity index (χ1v) is 7.75. The number of ether oxygens (including phenoxy) is 2. The van der Waals surface area contributed by atoms with E-state index in [0.29, 0.717) is 15.8 Å². The molecule has 1 N–H and O–H groups in total. The third-order valence-corrected chi connectivity index (χ3v) is 3.65. The van der Waals surface area contributed by atoms with E-state index in [0.717, 1.165) is 12.8 Å². The van der Waals surface area contributed by atoms with Crippen LogP contribution in [0.3, 0.4) is 0 Å². The van der Waals surface area contributed by atoms with E-state index in [-0.39, 0.29) is 11.9 Å². The fourth-order valence-corrected chi connectivity index (χ4v) is 2.13. The summed E-state index contributed by atoms with van der Waals surface area (Å²) in [7, 11) is 0. The molecule has 0 heterocycles. The lowest BCUT2D eigenvalue weighted by Gasteiger charge is -2.18. The summed E-state index contributed by atoms with van der Waals surface area (Å²) in [6.07, 6.45) is 0.191. The van der Waals surface area contributed by atoms with Crippen LogP contribution in [-0.2, 0) is 14.3 Å². The highest BCUT2D eigenvalue weighted by atomic mass is 35.5. The van der Waals surface area contributed by atoms with Crippen LogP contribution in [-0.4, -0.2) is 30.1 Å². The van der Waals surface area contributed by atoms with Crippen molar-refractivity contribution in [3.05, 3.63) is 28.2 Å². The lowest BCUT2D eigenvalue weighted by Crippen LogP contribution is -2.39. The van der Waals surface area contributed by atoms with Crippen LogP contribution in [0, 0.1) is 0 Å². The summed E-state index contributed by atoms with van der Waals surface area (Å²) in [6.45, 7) is 3.05. The smallest absolute Gasteiger partial charge is 0.347 e. The van der Waals surface area contributed by atoms with E-state index in [4.69, 9.17) is 32.7 Å². The van der Waals surface area contributed by atoms with E-state index in [1.54, 1.807) is 12.1 Å². The van der Waals surface area contributed by atoms with Crippen LogP contribution in [0.2, 0.25) is 10.0 Å². The molecule has 0 bridgehead atoms. The van der Waals surface area contributed by atoms with E-state index in [9.17, 15) is 9.59 Å². The first kappa shape index (κ1) is 16.9. The normalized spacial score (nSPS) is 16.5. The molecule has 2 rings (SSSR count). The summed E-state index contributed by atoms with van der Waals surface area (Å²) in [5.41, 5.74) is 0. The summed E-state index contributed by atoms with van der Waals surface area (Å²) in [6, 6.07) is 4.90. The van der Waals surface area contributed by atoms with Gasteiger partial charge in [0.25, 0.3) is 5.91 Å². The Hall–Kier alpha value is -1.46. The molecular weight excluding hydrogens is 329 g/mol. The van der Waals surface area contributed by atoms with Gasteiger partial charge < -0.3 is 14.8 Å². The third kappa shape index (κ3) is 4.78. The molecule has 1 amide bonds. The molecule has 120 valence electrons. The molecule has 0 unspecified atom stereocenters. The Morgan fingerprint density at radius 2 is 1.91 bits per heavy atom. The number of rotatable bonds is 6. The molecule has 0 aliphatic heterocycles. The summed E-state index contributed by atoms with van der Waals surface area (Å²) >= 11 is 11.8. The van der Waals surface area contributed by atoms with E-state index in [1.807, 2.05) is 0 Å². The van der Waals surface area contributed by atoms with Gasteiger partial charge in [0.2, 0.25) is 0 Å². The molecule has 0 radical (unpaired) electrons. The molecule has 1 fully saturated rings. The van der Waals surface area contributed by atoms with Crippen molar-refractivity contribution in [2.45, 2.75) is 44.9 Å². The van der Waals surface area contributed by atoms with E-state index in [1.165, 1.54) is 19.9 Å². The van der Waals surface area contributed by atoms with Crippen molar-refractivity contribution >= 4 is 35.1 Å². The van der Waals surface area contributed by atoms with Gasteiger partial charge in [0.05, 0.1) is 5.02 Å². The molecule has 1 saturated carbocycles. The second-order valence-corrected chi connectivity index (χ2v) is 6.04. The van der Waals surface area contributed by atoms with Crippen molar-refractivity contribution in [3.8, 4) is 5.75 Å². The van der Waals surface area contributed by atoms with Crippen LogP contribution < -0.4 is 10.1 Å². The number of carbonyl (C=O) groups excluding carboxylic acids is 2. The van der Waals surface area contributed by atoms with E-state index < -0.39 is 18.2 Å². The standard InChI is InChI=1S/C15H17Cl2NO4/c1-8(14(19)18-11-4-5-11)22-15(20)9(2)21-13-6-3-10(16)7-12(13)17/h3,6-9,11H,4-5H2,1-2H3,(H,18,19)/t8-,9-/m1/s1. The first-order valence-electron chi connectivity index (χ1n) is 6.99. The molecule has 7 heteroatoms. The average molecular weight is 346 g/mol. The van der Waals surface area contributed by atoms with Gasteiger partial charge >= 0.3 is 5.97 Å². The maximum absolute atomic E-state index is 11.9. The predicted molar refractivity (Wildman–Crippen MR) is 83.3 cm³/mol. The lowest BCUT2D eigenvalue weighted by molar-refractivity contribution is -0.160. The number of hydrogen-bond donors (Lipinski definition) is 1. The van der Waals surface area contributed by atoms with Gasteiger partial charge in [0.15, 0.2) is 12.2 Å². The SMILES string of the molecule is C[C@@H](OC(=O)[C@@H](C)Oc1ccc(Cl)cc1Cl)C(=O)NC1CC1. The third-order valence-electron chi connectivity index (χ3n) is 3.12. The maximum atomic E-state index is 11.9. The largest absolute Gasteiger partial charge is 0.477 e. The molecule has 1 aromatic carbocycles. The summed E-state index contributed by atoms with van der Waals surface area (Å²) in [5.74, 6) is -0.609. The molecular formula is C15H17Cl2NO4. The second kappa shape index (κ2) is 7.20. The summed E-state index contributed by atoms with van der Waals surface area (Å²) in [4.78, 5) is 23.7. The fraction of sp³-hybridized carbons (Fsp3) is 0.467. The molecule has 1 aliphatic rings. The van der Waals surface area contributed by atoms with Crippen molar-refractivity contribution in [1.29, 1.82) is 0 Å². The zero-order valence-electron chi connectivity index (χ0n) is 12.3. The van der Waals surface area contributed by atoms with Gasteiger partial charge in [-0.15, -0.1) is 0 Å². The highest BCUT2D eigenvalue weighted by Crippen LogP contribution is 2.28. The van der Waals surface area contributed by atoms with Crippen LogP contribution in [0.4, 0.5) is 0 Å². The molecule has 5 nitrogen and oxygen atoms in total. The van der Waals surface area contributed by atoms with Crippen LogP contribution in [0.15, 0.2) is 18.2 Å².